The van der Waals surface area contributed by atoms with Crippen LogP contribution in [0.5, 0.6) is 0 Å². The first kappa shape index (κ1) is 17.1. The lowest BCUT2D eigenvalue weighted by atomic mass is 10.1. The molecule has 0 saturated heterocycles. The van der Waals surface area contributed by atoms with E-state index in [0.29, 0.717) is 0 Å². The molecule has 0 atom stereocenters. The average molecular weight is 374 g/mol. The van der Waals surface area contributed by atoms with Crippen molar-refractivity contribution in [3.63, 3.8) is 0 Å². The van der Waals surface area contributed by atoms with E-state index in [-0.39, 0.29) is 0 Å². The number of pyridine rings is 2. The van der Waals surface area contributed by atoms with Crippen molar-refractivity contribution < 1.29 is 0 Å². The lowest BCUT2D eigenvalue weighted by molar-refractivity contribution is 0.884. The average Bonchev–Trinajstić information content (AvgIpc) is 3.23. The number of benzene rings is 2. The molecule has 138 valence electrons. The van der Waals surface area contributed by atoms with E-state index >= 15 is 0 Å². The maximum atomic E-state index is 4.83. The first-order valence-electron chi connectivity index (χ1n) is 9.46. The van der Waals surface area contributed by atoms with Gasteiger partial charge in [0.1, 0.15) is 5.69 Å². The fourth-order valence-corrected chi connectivity index (χ4v) is 3.31. The molecule has 0 saturated carbocycles. The minimum absolute atomic E-state index is 0.910. The van der Waals surface area contributed by atoms with Crippen LogP contribution >= 0.6 is 0 Å². The first-order valence-corrected chi connectivity index (χ1v) is 9.46. The van der Waals surface area contributed by atoms with Gasteiger partial charge in [0, 0.05) is 35.1 Å². The van der Waals surface area contributed by atoms with Gasteiger partial charge in [-0.05, 0) is 48.6 Å². The molecule has 4 heteroatoms. The summed E-state index contributed by atoms with van der Waals surface area (Å²) in [5.74, 6) is 0. The topological polar surface area (TPSA) is 43.6 Å². The quantitative estimate of drug-likeness (QED) is 0.408. The number of rotatable bonds is 4. The Balaban J connectivity index is 1.57. The van der Waals surface area contributed by atoms with Crippen LogP contribution in [0.1, 0.15) is 11.3 Å². The van der Waals surface area contributed by atoms with Crippen LogP contribution in [0, 0.1) is 0 Å². The molecule has 0 spiro atoms. The molecule has 0 fully saturated rings. The van der Waals surface area contributed by atoms with Crippen LogP contribution < -0.4 is 0 Å². The third-order valence-corrected chi connectivity index (χ3v) is 4.77. The fourth-order valence-electron chi connectivity index (χ4n) is 3.31. The molecular formula is C25H18N4. The van der Waals surface area contributed by atoms with Gasteiger partial charge < -0.3 is 0 Å². The highest BCUT2D eigenvalue weighted by molar-refractivity contribution is 5.82. The minimum atomic E-state index is 0.910. The van der Waals surface area contributed by atoms with Crippen molar-refractivity contribution in [2.24, 2.45) is 0 Å². The summed E-state index contributed by atoms with van der Waals surface area (Å²) in [6.07, 6.45) is 9.72. The van der Waals surface area contributed by atoms with E-state index in [9.17, 15) is 0 Å². The molecule has 0 N–H and O–H groups in total. The van der Waals surface area contributed by atoms with Crippen molar-refractivity contribution in [2.75, 3.05) is 0 Å². The lowest BCUT2D eigenvalue weighted by Gasteiger charge is -2.00. The van der Waals surface area contributed by atoms with Gasteiger partial charge in [-0.2, -0.15) is 5.10 Å². The van der Waals surface area contributed by atoms with E-state index in [2.05, 4.69) is 23.2 Å². The Labute approximate surface area is 168 Å². The minimum Gasteiger partial charge on any atom is -0.265 e. The van der Waals surface area contributed by atoms with E-state index in [1.54, 1.807) is 12.4 Å². The van der Waals surface area contributed by atoms with Crippen LogP contribution in [0.25, 0.3) is 40.0 Å². The number of aromatic nitrogens is 4. The predicted octanol–water partition coefficient (Wildman–Crippen LogP) is 5.65. The van der Waals surface area contributed by atoms with Gasteiger partial charge >= 0.3 is 0 Å². The van der Waals surface area contributed by atoms with Gasteiger partial charge in [0.05, 0.1) is 16.9 Å². The SMILES string of the molecule is C(=Cc1cn(-c2ccccc2)nc1-c1ccncc1)c1ccc2ccccc2n1. The van der Waals surface area contributed by atoms with E-state index in [0.717, 1.165) is 39.1 Å². The molecule has 3 aromatic heterocycles. The van der Waals surface area contributed by atoms with Crippen LogP contribution in [0.3, 0.4) is 0 Å². The Kier molecular flexibility index (Phi) is 4.43. The highest BCUT2D eigenvalue weighted by Crippen LogP contribution is 2.25. The molecule has 0 unspecified atom stereocenters. The van der Waals surface area contributed by atoms with Gasteiger partial charge in [0.2, 0.25) is 0 Å². The monoisotopic (exact) mass is 374 g/mol. The van der Waals surface area contributed by atoms with Crippen molar-refractivity contribution in [3.8, 4) is 16.9 Å². The molecule has 5 rings (SSSR count). The summed E-state index contributed by atoms with van der Waals surface area (Å²) in [6.45, 7) is 0. The second kappa shape index (κ2) is 7.52. The summed E-state index contributed by atoms with van der Waals surface area (Å²) in [4.78, 5) is 8.86. The lowest BCUT2D eigenvalue weighted by Crippen LogP contribution is -1.93. The van der Waals surface area contributed by atoms with Crippen molar-refractivity contribution in [1.82, 2.24) is 19.7 Å². The van der Waals surface area contributed by atoms with Crippen LogP contribution in [-0.4, -0.2) is 19.7 Å². The molecule has 2 aromatic carbocycles. The van der Waals surface area contributed by atoms with E-state index < -0.39 is 0 Å². The second-order valence-electron chi connectivity index (χ2n) is 6.71. The highest BCUT2D eigenvalue weighted by Gasteiger charge is 2.10. The molecule has 3 heterocycles. The molecular weight excluding hydrogens is 356 g/mol. The smallest absolute Gasteiger partial charge is 0.100 e. The number of hydrogen-bond donors (Lipinski definition) is 0. The number of fused-ring (bicyclic) bond motifs is 1. The first-order chi connectivity index (χ1) is 14.4. The standard InChI is InChI=1S/C25H18N4/c1-2-7-23(8-3-1)29-18-21(25(28-29)20-14-16-26-17-15-20)11-13-22-12-10-19-6-4-5-9-24(19)27-22/h1-18H. The third-order valence-electron chi connectivity index (χ3n) is 4.77. The summed E-state index contributed by atoms with van der Waals surface area (Å²) in [6, 6.07) is 26.3. The molecule has 0 amide bonds. The summed E-state index contributed by atoms with van der Waals surface area (Å²) < 4.78 is 1.91. The summed E-state index contributed by atoms with van der Waals surface area (Å²) in [7, 11) is 0. The zero-order valence-corrected chi connectivity index (χ0v) is 15.7. The van der Waals surface area contributed by atoms with Crippen LogP contribution in [0.2, 0.25) is 0 Å². The maximum Gasteiger partial charge on any atom is 0.100 e. The predicted molar refractivity (Wildman–Crippen MR) is 117 cm³/mol. The van der Waals surface area contributed by atoms with Gasteiger partial charge in [-0.3, -0.25) is 4.98 Å². The van der Waals surface area contributed by atoms with Crippen LogP contribution in [0.4, 0.5) is 0 Å². The molecule has 5 aromatic rings. The molecule has 0 aliphatic carbocycles. The number of para-hydroxylation sites is 2. The molecule has 0 bridgehead atoms. The Morgan fingerprint density at radius 3 is 2.38 bits per heavy atom. The van der Waals surface area contributed by atoms with Gasteiger partial charge in [-0.1, -0.05) is 42.5 Å². The Hall–Kier alpha value is -4.05. The third kappa shape index (κ3) is 3.56. The van der Waals surface area contributed by atoms with Crippen molar-refractivity contribution in [2.45, 2.75) is 0 Å². The molecule has 0 aliphatic heterocycles. The Morgan fingerprint density at radius 2 is 1.52 bits per heavy atom. The summed E-state index contributed by atoms with van der Waals surface area (Å²) in [5, 5.41) is 5.97. The van der Waals surface area contributed by atoms with Crippen molar-refractivity contribution >= 4 is 23.1 Å². The second-order valence-corrected chi connectivity index (χ2v) is 6.71. The molecule has 4 nitrogen and oxygen atoms in total. The van der Waals surface area contributed by atoms with Crippen LogP contribution in [-0.2, 0) is 0 Å². The number of nitrogens with zero attached hydrogens (tertiary/aromatic N) is 4. The fraction of sp³-hybridized carbons (Fsp3) is 0. The Bertz CT molecular complexity index is 1290. The van der Waals surface area contributed by atoms with Gasteiger partial charge in [0.15, 0.2) is 0 Å². The maximum absolute atomic E-state index is 4.83. The van der Waals surface area contributed by atoms with Crippen molar-refractivity contribution in [1.29, 1.82) is 0 Å². The van der Waals surface area contributed by atoms with Crippen LogP contribution in [0.15, 0.2) is 97.5 Å². The summed E-state index contributed by atoms with van der Waals surface area (Å²) in [5.41, 5.74) is 5.89. The largest absolute Gasteiger partial charge is 0.265 e. The van der Waals surface area contributed by atoms with Gasteiger partial charge in [-0.15, -0.1) is 0 Å². The van der Waals surface area contributed by atoms with E-state index in [1.165, 1.54) is 0 Å². The highest BCUT2D eigenvalue weighted by atomic mass is 15.3. The normalized spacial score (nSPS) is 11.3. The number of hydrogen-bond acceptors (Lipinski definition) is 3. The van der Waals surface area contributed by atoms with Gasteiger partial charge in [0.25, 0.3) is 0 Å². The Morgan fingerprint density at radius 1 is 0.724 bits per heavy atom. The van der Waals surface area contributed by atoms with Crippen molar-refractivity contribution in [3.05, 3.63) is 109 Å². The zero-order valence-electron chi connectivity index (χ0n) is 15.7. The molecule has 0 radical (unpaired) electrons. The van der Waals surface area contributed by atoms with Gasteiger partial charge in [-0.25, -0.2) is 9.67 Å². The summed E-state index contributed by atoms with van der Waals surface area (Å²) >= 11 is 0. The van der Waals surface area contributed by atoms with E-state index in [1.807, 2.05) is 83.7 Å². The zero-order chi connectivity index (χ0) is 19.5. The molecule has 0 aliphatic rings. The van der Waals surface area contributed by atoms with E-state index in [4.69, 9.17) is 10.1 Å². The molecule has 29 heavy (non-hydrogen) atoms.